The highest BCUT2D eigenvalue weighted by atomic mass is 16.7. The molecule has 0 bridgehead atoms. The summed E-state index contributed by atoms with van der Waals surface area (Å²) in [5.74, 6) is -3.22. The Morgan fingerprint density at radius 1 is 0.442 bits per heavy atom. The number of aliphatic carboxylic acids is 1. The molecule has 1 saturated heterocycles. The summed E-state index contributed by atoms with van der Waals surface area (Å²) in [7, 11) is 0. The molecule has 0 saturated carbocycles. The summed E-state index contributed by atoms with van der Waals surface area (Å²) in [6, 6.07) is 0. The normalized spacial score (nSPS) is 18.8. The number of carbonyl (C=O) groups excluding carboxylic acids is 3. The van der Waals surface area contributed by atoms with Gasteiger partial charge in [-0.2, -0.15) is 0 Å². The molecular formula is C65H104O12. The summed E-state index contributed by atoms with van der Waals surface area (Å²) in [5, 5.41) is 31.5. The smallest absolute Gasteiger partial charge is 0.335 e. The van der Waals surface area contributed by atoms with Gasteiger partial charge in [-0.15, -0.1) is 0 Å². The fourth-order valence-corrected chi connectivity index (χ4v) is 8.23. The van der Waals surface area contributed by atoms with Crippen molar-refractivity contribution >= 4 is 23.9 Å². The van der Waals surface area contributed by atoms with E-state index in [9.17, 15) is 34.5 Å². The summed E-state index contributed by atoms with van der Waals surface area (Å²) in [6.07, 6.45) is 57.7. The number of aliphatic hydroxyl groups is 2. The SMILES string of the molecule is CC/C=C\C/C=C\C/C=C\C/C=C\CCCCC(=O)OC1C(OCC(COC(=O)CCCCCCCC/C=C\C/C=C\C/C=C\CCCCC)OC(=O)CCCCCCC/C=C\C/C=C\CCC)OC(C(=O)O)C(O)C1O. The first-order chi connectivity index (χ1) is 37.6. The van der Waals surface area contributed by atoms with Crippen LogP contribution in [0, 0.1) is 0 Å². The van der Waals surface area contributed by atoms with E-state index in [1.165, 1.54) is 25.7 Å². The Morgan fingerprint density at radius 2 is 0.844 bits per heavy atom. The van der Waals surface area contributed by atoms with Crippen molar-refractivity contribution in [2.75, 3.05) is 13.2 Å². The molecule has 0 spiro atoms. The standard InChI is InChI=1S/C65H104O12/c1-4-7-10-13-16-19-22-25-27-28-29-30-32-34-36-39-42-45-48-51-57(66)73-54-56(75-58(67)52-49-46-43-40-37-33-24-21-18-15-12-9-6-3)55-74-65-63(61(70)60(69)62(77-65)64(71)72)76-59(68)53-50-47-44-41-38-35-31-26-23-20-17-14-11-8-5-2/h8,11-12,15-17,19-21,24-27,29-31,38,41,56,60-63,65,69-70H,4-7,9-10,13-14,18,22-23,28,32-37,39-40,42-55H2,1-3H3,(H,71,72)/b11-8-,15-12-,19-16-,20-17-,24-21-,27-25-,30-29-,31-26-,41-38-. The molecule has 0 aromatic heterocycles. The molecule has 0 aliphatic carbocycles. The van der Waals surface area contributed by atoms with E-state index < -0.39 is 67.3 Å². The maximum atomic E-state index is 13.1. The van der Waals surface area contributed by atoms with Crippen LogP contribution < -0.4 is 0 Å². The third kappa shape index (κ3) is 42.1. The van der Waals surface area contributed by atoms with Crippen LogP contribution in [0.4, 0.5) is 0 Å². The van der Waals surface area contributed by atoms with E-state index in [0.29, 0.717) is 25.7 Å². The third-order valence-electron chi connectivity index (χ3n) is 12.8. The quantitative estimate of drug-likeness (QED) is 0.0228. The molecule has 12 heteroatoms. The highest BCUT2D eigenvalue weighted by Crippen LogP contribution is 2.26. The Morgan fingerprint density at radius 3 is 1.32 bits per heavy atom. The molecule has 0 aromatic carbocycles. The molecule has 6 unspecified atom stereocenters. The Hall–Kier alpha value is -4.62. The Balaban J connectivity index is 2.72. The minimum atomic E-state index is -1.93. The lowest BCUT2D eigenvalue weighted by Gasteiger charge is -2.40. The summed E-state index contributed by atoms with van der Waals surface area (Å²) >= 11 is 0. The molecular weight excluding hydrogens is 973 g/mol. The van der Waals surface area contributed by atoms with Crippen LogP contribution in [-0.2, 0) is 42.9 Å². The van der Waals surface area contributed by atoms with Crippen molar-refractivity contribution < 1.29 is 58.2 Å². The Labute approximate surface area is 465 Å². The highest BCUT2D eigenvalue weighted by Gasteiger charge is 2.50. The van der Waals surface area contributed by atoms with Gasteiger partial charge < -0.3 is 39.0 Å². The van der Waals surface area contributed by atoms with E-state index in [0.717, 1.165) is 135 Å². The van der Waals surface area contributed by atoms with Gasteiger partial charge in [0.2, 0.25) is 0 Å². The van der Waals surface area contributed by atoms with E-state index in [1.807, 2.05) is 0 Å². The largest absolute Gasteiger partial charge is 0.479 e. The molecule has 3 N–H and O–H groups in total. The minimum Gasteiger partial charge on any atom is -0.479 e. The maximum absolute atomic E-state index is 13.1. The minimum absolute atomic E-state index is 0.00000399. The number of unbranched alkanes of at least 4 members (excludes halogenated alkanes) is 17. The predicted molar refractivity (Wildman–Crippen MR) is 312 cm³/mol. The van der Waals surface area contributed by atoms with Crippen molar-refractivity contribution in [1.29, 1.82) is 0 Å². The zero-order chi connectivity index (χ0) is 56.1. The van der Waals surface area contributed by atoms with Crippen LogP contribution >= 0.6 is 0 Å². The van der Waals surface area contributed by atoms with E-state index >= 15 is 0 Å². The third-order valence-corrected chi connectivity index (χ3v) is 12.8. The number of carboxylic acids is 1. The van der Waals surface area contributed by atoms with Gasteiger partial charge in [0.15, 0.2) is 24.6 Å². The van der Waals surface area contributed by atoms with Gasteiger partial charge >= 0.3 is 23.9 Å². The first-order valence-electron chi connectivity index (χ1n) is 29.9. The second-order valence-corrected chi connectivity index (χ2v) is 19.9. The van der Waals surface area contributed by atoms with Crippen molar-refractivity contribution in [2.45, 2.75) is 263 Å². The van der Waals surface area contributed by atoms with Crippen molar-refractivity contribution in [3.8, 4) is 0 Å². The van der Waals surface area contributed by atoms with Crippen LogP contribution in [0.15, 0.2) is 109 Å². The van der Waals surface area contributed by atoms with E-state index in [-0.39, 0.29) is 25.9 Å². The molecule has 0 radical (unpaired) electrons. The van der Waals surface area contributed by atoms with Gasteiger partial charge in [-0.25, -0.2) is 4.79 Å². The number of hydrogen-bond donors (Lipinski definition) is 3. The number of rotatable bonds is 49. The topological polar surface area (TPSA) is 175 Å². The van der Waals surface area contributed by atoms with Crippen molar-refractivity contribution in [2.24, 2.45) is 0 Å². The van der Waals surface area contributed by atoms with Crippen molar-refractivity contribution in [1.82, 2.24) is 0 Å². The zero-order valence-electron chi connectivity index (χ0n) is 47.9. The summed E-state index contributed by atoms with van der Waals surface area (Å²) in [6.45, 7) is 5.73. The van der Waals surface area contributed by atoms with Gasteiger partial charge in [-0.3, -0.25) is 14.4 Å². The molecule has 1 heterocycles. The Kier molecular flexibility index (Phi) is 47.6. The van der Waals surface area contributed by atoms with E-state index in [2.05, 4.69) is 130 Å². The summed E-state index contributed by atoms with van der Waals surface area (Å²) in [5.41, 5.74) is 0. The predicted octanol–water partition coefficient (Wildman–Crippen LogP) is 15.4. The van der Waals surface area contributed by atoms with Gasteiger partial charge in [0.05, 0.1) is 6.61 Å². The summed E-state index contributed by atoms with van der Waals surface area (Å²) in [4.78, 5) is 51.1. The van der Waals surface area contributed by atoms with Crippen LogP contribution in [-0.4, -0.2) is 89.2 Å². The zero-order valence-corrected chi connectivity index (χ0v) is 47.9. The molecule has 12 nitrogen and oxygen atoms in total. The van der Waals surface area contributed by atoms with Crippen molar-refractivity contribution in [3.05, 3.63) is 109 Å². The van der Waals surface area contributed by atoms with Gasteiger partial charge in [-0.05, 0) is 122 Å². The molecule has 436 valence electrons. The Bertz CT molecular complexity index is 1750. The van der Waals surface area contributed by atoms with Gasteiger partial charge in [0.25, 0.3) is 0 Å². The molecule has 6 atom stereocenters. The first kappa shape index (κ1) is 70.4. The number of hydrogen-bond acceptors (Lipinski definition) is 11. The molecule has 1 rings (SSSR count). The molecule has 1 fully saturated rings. The average Bonchev–Trinajstić information content (AvgIpc) is 3.42. The average molecular weight is 1080 g/mol. The van der Waals surface area contributed by atoms with Crippen LogP contribution in [0.2, 0.25) is 0 Å². The summed E-state index contributed by atoms with van der Waals surface area (Å²) < 4.78 is 28.4. The monoisotopic (exact) mass is 1080 g/mol. The molecule has 0 amide bonds. The fraction of sp³-hybridized carbons (Fsp3) is 0.662. The lowest BCUT2D eigenvalue weighted by Crippen LogP contribution is -2.61. The van der Waals surface area contributed by atoms with Gasteiger partial charge in [-0.1, -0.05) is 194 Å². The second kappa shape index (κ2) is 52.1. The van der Waals surface area contributed by atoms with Crippen LogP contribution in [0.1, 0.15) is 226 Å². The van der Waals surface area contributed by atoms with Crippen LogP contribution in [0.5, 0.6) is 0 Å². The fourth-order valence-electron chi connectivity index (χ4n) is 8.23. The highest BCUT2D eigenvalue weighted by molar-refractivity contribution is 5.74. The van der Waals surface area contributed by atoms with Crippen LogP contribution in [0.25, 0.3) is 0 Å². The number of esters is 3. The number of carbonyl (C=O) groups is 4. The van der Waals surface area contributed by atoms with E-state index in [4.69, 9.17) is 23.7 Å². The maximum Gasteiger partial charge on any atom is 0.335 e. The van der Waals surface area contributed by atoms with E-state index in [1.54, 1.807) is 0 Å². The van der Waals surface area contributed by atoms with Crippen molar-refractivity contribution in [3.63, 3.8) is 0 Å². The number of carboxylic acid groups (broad SMARTS) is 1. The molecule has 0 aromatic rings. The second-order valence-electron chi connectivity index (χ2n) is 19.9. The van der Waals surface area contributed by atoms with Crippen LogP contribution in [0.3, 0.4) is 0 Å². The number of allylic oxidation sites excluding steroid dienone is 18. The molecule has 77 heavy (non-hydrogen) atoms. The lowest BCUT2D eigenvalue weighted by atomic mass is 9.98. The first-order valence-corrected chi connectivity index (χ1v) is 29.9. The van der Waals surface area contributed by atoms with Gasteiger partial charge in [0, 0.05) is 19.3 Å². The lowest BCUT2D eigenvalue weighted by molar-refractivity contribution is -0.301. The van der Waals surface area contributed by atoms with Gasteiger partial charge in [0.1, 0.15) is 18.8 Å². The number of aliphatic hydroxyl groups excluding tert-OH is 2. The molecule has 1 aliphatic heterocycles. The number of ether oxygens (including phenoxy) is 5. The molecule has 1 aliphatic rings.